The Labute approximate surface area is 77.1 Å². The number of hydrogen-bond acceptors (Lipinski definition) is 3. The highest BCUT2D eigenvalue weighted by molar-refractivity contribution is 5.97. The Hall–Kier alpha value is -0.163. The van der Waals surface area contributed by atoms with Crippen LogP contribution < -0.4 is 0 Å². The second-order valence-electron chi connectivity index (χ2n) is 2.46. The van der Waals surface area contributed by atoms with Gasteiger partial charge in [-0.1, -0.05) is 24.0 Å². The average Bonchev–Trinajstić information content (AvgIpc) is 2.10. The Morgan fingerprint density at radius 2 is 1.92 bits per heavy atom. The van der Waals surface area contributed by atoms with Crippen molar-refractivity contribution >= 4 is 10.5 Å². The lowest BCUT2D eigenvalue weighted by Crippen LogP contribution is -1.96. The third-order valence-corrected chi connectivity index (χ3v) is 1.54. The van der Waals surface area contributed by atoms with Crippen LogP contribution in [0.2, 0.25) is 0 Å². The van der Waals surface area contributed by atoms with Crippen LogP contribution >= 0.6 is 0 Å². The number of allylic oxidation sites excluding steroid dienone is 1. The standard InChI is InChI=1S/C8H15O3Si/c1-2-3-4-5-6-7-8-9-10-11-12/h2H,1,3-8H2. The zero-order valence-corrected chi connectivity index (χ0v) is 8.25. The van der Waals surface area contributed by atoms with Crippen molar-refractivity contribution in [2.24, 2.45) is 0 Å². The minimum atomic E-state index is 0.568. The number of rotatable bonds is 9. The predicted octanol–water partition coefficient (Wildman–Crippen LogP) is 2.09. The molecule has 0 heterocycles. The monoisotopic (exact) mass is 187 g/mol. The number of unbranched alkanes of at least 4 members (excludes halogenated alkanes) is 4. The second kappa shape index (κ2) is 10.8. The quantitative estimate of drug-likeness (QED) is 0.182. The molecule has 0 saturated carbocycles. The Kier molecular flexibility index (Phi) is 10.7. The summed E-state index contributed by atoms with van der Waals surface area (Å²) in [4.78, 5) is 4.60. The van der Waals surface area contributed by atoms with Gasteiger partial charge in [0.15, 0.2) is 0 Å². The van der Waals surface area contributed by atoms with Crippen LogP contribution in [0.15, 0.2) is 12.7 Å². The first-order valence-corrected chi connectivity index (χ1v) is 4.55. The van der Waals surface area contributed by atoms with E-state index in [1.807, 2.05) is 6.08 Å². The van der Waals surface area contributed by atoms with Crippen molar-refractivity contribution in [3.05, 3.63) is 12.7 Å². The normalized spacial score (nSPS) is 10.1. The summed E-state index contributed by atoms with van der Waals surface area (Å²) in [5, 5.41) is 4.16. The Bertz CT molecular complexity index is 98.3. The van der Waals surface area contributed by atoms with Crippen LogP contribution in [-0.4, -0.2) is 17.1 Å². The largest absolute Gasteiger partial charge is 0.307 e. The van der Waals surface area contributed by atoms with Crippen molar-refractivity contribution in [1.82, 2.24) is 0 Å². The molecule has 0 atom stereocenters. The summed E-state index contributed by atoms with van der Waals surface area (Å²) in [5.74, 6) is 0. The molecule has 12 heavy (non-hydrogen) atoms. The lowest BCUT2D eigenvalue weighted by Gasteiger charge is -1.99. The van der Waals surface area contributed by atoms with Gasteiger partial charge in [-0.2, -0.15) is 0 Å². The van der Waals surface area contributed by atoms with E-state index in [0.717, 1.165) is 19.3 Å². The summed E-state index contributed by atoms with van der Waals surface area (Å²) in [6.07, 6.45) is 7.61. The van der Waals surface area contributed by atoms with Crippen LogP contribution in [0.4, 0.5) is 0 Å². The molecule has 0 aliphatic heterocycles. The Balaban J connectivity index is 2.77. The minimum absolute atomic E-state index is 0.568. The lowest BCUT2D eigenvalue weighted by atomic mass is 10.1. The molecule has 4 heteroatoms. The zero-order chi connectivity index (χ0) is 9.07. The van der Waals surface area contributed by atoms with Gasteiger partial charge in [-0.3, -0.25) is 4.58 Å². The van der Waals surface area contributed by atoms with Crippen LogP contribution in [0.1, 0.15) is 32.1 Å². The lowest BCUT2D eigenvalue weighted by molar-refractivity contribution is -0.467. The van der Waals surface area contributed by atoms with Gasteiger partial charge < -0.3 is 0 Å². The van der Waals surface area contributed by atoms with E-state index in [0.29, 0.717) is 6.61 Å². The van der Waals surface area contributed by atoms with Crippen molar-refractivity contribution in [3.8, 4) is 0 Å². The molecule has 69 valence electrons. The maximum atomic E-state index is 4.60. The molecule has 0 aromatic carbocycles. The van der Waals surface area contributed by atoms with Crippen LogP contribution in [0.5, 0.6) is 0 Å². The number of hydrogen-bond donors (Lipinski definition) is 0. The van der Waals surface area contributed by atoms with E-state index in [9.17, 15) is 0 Å². The first kappa shape index (κ1) is 11.8. The Morgan fingerprint density at radius 3 is 2.58 bits per heavy atom. The van der Waals surface area contributed by atoms with Gasteiger partial charge in [-0.05, 0) is 19.3 Å². The molecule has 0 aromatic rings. The summed E-state index contributed by atoms with van der Waals surface area (Å²) < 4.78 is 4.06. The molecule has 0 aromatic heterocycles. The molecule has 0 unspecified atom stereocenters. The fourth-order valence-corrected chi connectivity index (χ4v) is 0.909. The van der Waals surface area contributed by atoms with Crippen LogP contribution in [0.3, 0.4) is 0 Å². The zero-order valence-electron chi connectivity index (χ0n) is 7.25. The van der Waals surface area contributed by atoms with E-state index >= 15 is 0 Å². The van der Waals surface area contributed by atoms with Crippen molar-refractivity contribution in [1.29, 1.82) is 0 Å². The van der Waals surface area contributed by atoms with E-state index in [1.54, 1.807) is 0 Å². The minimum Gasteiger partial charge on any atom is -0.259 e. The van der Waals surface area contributed by atoms with Gasteiger partial charge in [0.05, 0.1) is 6.61 Å². The van der Waals surface area contributed by atoms with Gasteiger partial charge in [0.2, 0.25) is 0 Å². The van der Waals surface area contributed by atoms with E-state index in [1.165, 1.54) is 12.8 Å². The molecule has 0 aliphatic rings. The topological polar surface area (TPSA) is 27.7 Å². The van der Waals surface area contributed by atoms with Gasteiger partial charge in [0.25, 0.3) is 0 Å². The van der Waals surface area contributed by atoms with Gasteiger partial charge in [-0.25, -0.2) is 4.89 Å². The third kappa shape index (κ3) is 9.84. The van der Waals surface area contributed by atoms with E-state index in [4.69, 9.17) is 0 Å². The second-order valence-corrected chi connectivity index (χ2v) is 2.63. The highest BCUT2D eigenvalue weighted by atomic mass is 28.2. The third-order valence-electron chi connectivity index (χ3n) is 1.47. The molecule has 0 fully saturated rings. The first-order valence-electron chi connectivity index (χ1n) is 4.14. The molecule has 3 nitrogen and oxygen atoms in total. The fraction of sp³-hybridized carbons (Fsp3) is 0.750. The first-order chi connectivity index (χ1) is 5.91. The van der Waals surface area contributed by atoms with Crippen molar-refractivity contribution in [2.45, 2.75) is 32.1 Å². The Morgan fingerprint density at radius 1 is 1.17 bits per heavy atom. The molecule has 0 saturated heterocycles. The molecule has 0 bridgehead atoms. The van der Waals surface area contributed by atoms with Crippen molar-refractivity contribution in [2.75, 3.05) is 6.61 Å². The predicted molar refractivity (Wildman–Crippen MR) is 47.2 cm³/mol. The molecule has 0 N–H and O–H groups in total. The van der Waals surface area contributed by atoms with Gasteiger partial charge in [0.1, 0.15) is 0 Å². The molecule has 0 rings (SSSR count). The van der Waals surface area contributed by atoms with Crippen LogP contribution in [-0.2, 0) is 14.5 Å². The van der Waals surface area contributed by atoms with Crippen LogP contribution in [0, 0.1) is 0 Å². The highest BCUT2D eigenvalue weighted by Crippen LogP contribution is 2.03. The van der Waals surface area contributed by atoms with Gasteiger partial charge in [0, 0.05) is 0 Å². The summed E-state index contributed by atoms with van der Waals surface area (Å²) in [7, 11) is 2.64. The SMILES string of the molecule is C=CCCCCCCOOO[Si]. The fourth-order valence-electron chi connectivity index (χ4n) is 0.861. The van der Waals surface area contributed by atoms with E-state index in [-0.39, 0.29) is 0 Å². The average molecular weight is 187 g/mol. The van der Waals surface area contributed by atoms with E-state index in [2.05, 4.69) is 31.6 Å². The van der Waals surface area contributed by atoms with Gasteiger partial charge in [-0.15, -0.1) is 6.58 Å². The molecule has 0 aliphatic carbocycles. The van der Waals surface area contributed by atoms with E-state index < -0.39 is 0 Å². The summed E-state index contributed by atoms with van der Waals surface area (Å²) in [6.45, 7) is 4.22. The summed E-state index contributed by atoms with van der Waals surface area (Å²) in [6, 6.07) is 0. The maximum absolute atomic E-state index is 4.60. The molecule has 3 radical (unpaired) electrons. The van der Waals surface area contributed by atoms with Crippen LogP contribution in [0.25, 0.3) is 0 Å². The van der Waals surface area contributed by atoms with Gasteiger partial charge >= 0.3 is 10.5 Å². The molecule has 0 spiro atoms. The summed E-state index contributed by atoms with van der Waals surface area (Å²) >= 11 is 0. The highest BCUT2D eigenvalue weighted by Gasteiger charge is 1.90. The van der Waals surface area contributed by atoms with Crippen molar-refractivity contribution in [3.63, 3.8) is 0 Å². The molecular weight excluding hydrogens is 172 g/mol. The molecule has 0 amide bonds. The molecular formula is C8H15O3Si. The van der Waals surface area contributed by atoms with Crippen molar-refractivity contribution < 1.29 is 14.5 Å². The summed E-state index contributed by atoms with van der Waals surface area (Å²) in [5.41, 5.74) is 0. The maximum Gasteiger partial charge on any atom is 0.307 e. The smallest absolute Gasteiger partial charge is 0.259 e.